The van der Waals surface area contributed by atoms with Crippen LogP contribution in [0.3, 0.4) is 0 Å². The molecule has 0 aromatic heterocycles. The molecule has 1 aromatic rings. The summed E-state index contributed by atoms with van der Waals surface area (Å²) >= 11 is 0. The third-order valence-electron chi connectivity index (χ3n) is 4.47. The summed E-state index contributed by atoms with van der Waals surface area (Å²) in [5.74, 6) is 0.277. The van der Waals surface area contributed by atoms with Gasteiger partial charge in [-0.1, -0.05) is 12.1 Å². The third-order valence-corrected chi connectivity index (χ3v) is 4.47. The van der Waals surface area contributed by atoms with Crippen molar-refractivity contribution < 1.29 is 14.5 Å². The van der Waals surface area contributed by atoms with Crippen molar-refractivity contribution in [3.05, 3.63) is 39.4 Å². The van der Waals surface area contributed by atoms with Crippen molar-refractivity contribution in [1.82, 2.24) is 5.32 Å². The molecule has 1 saturated carbocycles. The molecule has 0 unspecified atom stereocenters. The van der Waals surface area contributed by atoms with Gasteiger partial charge in [-0.2, -0.15) is 0 Å². The molecule has 2 atom stereocenters. The molecule has 1 aliphatic heterocycles. The van der Waals surface area contributed by atoms with E-state index in [0.29, 0.717) is 18.1 Å². The first-order valence-corrected chi connectivity index (χ1v) is 7.72. The predicted octanol–water partition coefficient (Wildman–Crippen LogP) is 2.59. The fraction of sp³-hybridized carbons (Fsp3) is 0.562. The number of carbonyl (C=O) groups is 1. The summed E-state index contributed by atoms with van der Waals surface area (Å²) in [5.41, 5.74) is 0.655. The van der Waals surface area contributed by atoms with Crippen LogP contribution in [0.1, 0.15) is 41.6 Å². The second kappa shape index (κ2) is 6.04. The van der Waals surface area contributed by atoms with Crippen molar-refractivity contribution in [2.75, 3.05) is 6.61 Å². The average molecular weight is 304 g/mol. The molecule has 0 bridgehead atoms. The molecule has 2 aliphatic rings. The number of nitro benzene ring substituents is 1. The summed E-state index contributed by atoms with van der Waals surface area (Å²) < 4.78 is 5.75. The molecule has 1 amide bonds. The van der Waals surface area contributed by atoms with Crippen LogP contribution < -0.4 is 5.32 Å². The van der Waals surface area contributed by atoms with Crippen LogP contribution in [0.5, 0.6) is 0 Å². The molecule has 1 heterocycles. The highest BCUT2D eigenvalue weighted by atomic mass is 16.6. The van der Waals surface area contributed by atoms with E-state index in [0.717, 1.165) is 12.8 Å². The maximum absolute atomic E-state index is 12.5. The largest absolute Gasteiger partial charge is 0.378 e. The van der Waals surface area contributed by atoms with Crippen LogP contribution in [-0.2, 0) is 4.74 Å². The Morgan fingerprint density at radius 2 is 2.14 bits per heavy atom. The zero-order valence-electron chi connectivity index (χ0n) is 12.6. The predicted molar refractivity (Wildman–Crippen MR) is 80.8 cm³/mol. The minimum absolute atomic E-state index is 0.0334. The molecule has 2 fully saturated rings. The second-order valence-electron chi connectivity index (χ2n) is 6.17. The molecule has 1 N–H and O–H groups in total. The van der Waals surface area contributed by atoms with Gasteiger partial charge in [0.1, 0.15) is 5.56 Å². The Morgan fingerprint density at radius 3 is 2.82 bits per heavy atom. The first kappa shape index (κ1) is 15.0. The quantitative estimate of drug-likeness (QED) is 0.684. The lowest BCUT2D eigenvalue weighted by atomic mass is 9.99. The molecule has 0 radical (unpaired) electrons. The summed E-state index contributed by atoms with van der Waals surface area (Å²) in [7, 11) is 0. The van der Waals surface area contributed by atoms with Crippen LogP contribution in [0.4, 0.5) is 5.69 Å². The second-order valence-corrected chi connectivity index (χ2v) is 6.17. The van der Waals surface area contributed by atoms with Gasteiger partial charge in [0, 0.05) is 18.7 Å². The van der Waals surface area contributed by atoms with Crippen LogP contribution in [-0.4, -0.2) is 29.6 Å². The Balaban J connectivity index is 1.73. The zero-order chi connectivity index (χ0) is 15.7. The number of nitrogens with zero attached hydrogens (tertiary/aromatic N) is 1. The number of benzene rings is 1. The lowest BCUT2D eigenvalue weighted by Gasteiger charge is -2.30. The standard InChI is InChI=1S/C16H20N2O4/c1-10-3-2-4-13(18(20)21)15(10)16(19)17-12-7-8-22-14(9-12)11-5-6-11/h2-4,11-12,14H,5-9H2,1H3,(H,17,19)/t12-,14-/m1/s1. The lowest BCUT2D eigenvalue weighted by Crippen LogP contribution is -2.43. The fourth-order valence-electron chi connectivity index (χ4n) is 3.11. The van der Waals surface area contributed by atoms with Gasteiger partial charge in [0.2, 0.25) is 0 Å². The van der Waals surface area contributed by atoms with E-state index in [1.807, 2.05) is 0 Å². The number of carbonyl (C=O) groups excluding carboxylic acids is 1. The van der Waals surface area contributed by atoms with Gasteiger partial charge in [0.05, 0.1) is 11.0 Å². The van der Waals surface area contributed by atoms with Gasteiger partial charge >= 0.3 is 0 Å². The summed E-state index contributed by atoms with van der Waals surface area (Å²) in [6.45, 7) is 2.36. The molecule has 6 nitrogen and oxygen atoms in total. The van der Waals surface area contributed by atoms with Crippen molar-refractivity contribution >= 4 is 11.6 Å². The highest BCUT2D eigenvalue weighted by Crippen LogP contribution is 2.38. The Labute approximate surface area is 129 Å². The monoisotopic (exact) mass is 304 g/mol. The van der Waals surface area contributed by atoms with E-state index in [9.17, 15) is 14.9 Å². The average Bonchev–Trinajstić information content (AvgIpc) is 3.31. The Kier molecular flexibility index (Phi) is 4.11. The maximum atomic E-state index is 12.5. The third kappa shape index (κ3) is 3.11. The molecular formula is C16H20N2O4. The van der Waals surface area contributed by atoms with Gasteiger partial charge in [-0.3, -0.25) is 14.9 Å². The molecule has 0 spiro atoms. The minimum atomic E-state index is -0.501. The number of hydrogen-bond acceptors (Lipinski definition) is 4. The van der Waals surface area contributed by atoms with Gasteiger partial charge in [0.15, 0.2) is 0 Å². The smallest absolute Gasteiger partial charge is 0.282 e. The Hall–Kier alpha value is -1.95. The zero-order valence-corrected chi connectivity index (χ0v) is 12.6. The van der Waals surface area contributed by atoms with Crippen molar-refractivity contribution in [2.24, 2.45) is 5.92 Å². The van der Waals surface area contributed by atoms with Crippen LogP contribution in [0, 0.1) is 23.0 Å². The maximum Gasteiger partial charge on any atom is 0.282 e. The van der Waals surface area contributed by atoms with E-state index < -0.39 is 4.92 Å². The lowest BCUT2D eigenvalue weighted by molar-refractivity contribution is -0.385. The van der Waals surface area contributed by atoms with Gasteiger partial charge < -0.3 is 10.1 Å². The first-order valence-electron chi connectivity index (χ1n) is 7.72. The molecule has 1 aromatic carbocycles. The van der Waals surface area contributed by atoms with Crippen molar-refractivity contribution in [3.8, 4) is 0 Å². The Morgan fingerprint density at radius 1 is 1.36 bits per heavy atom. The Bertz CT molecular complexity index is 598. The van der Waals surface area contributed by atoms with Gasteiger partial charge in [0.25, 0.3) is 11.6 Å². The number of amides is 1. The van der Waals surface area contributed by atoms with E-state index in [-0.39, 0.29) is 29.3 Å². The fourth-order valence-corrected chi connectivity index (χ4v) is 3.11. The molecule has 1 aliphatic carbocycles. The number of nitrogens with one attached hydrogen (secondary N) is 1. The van der Waals surface area contributed by atoms with Gasteiger partial charge in [-0.05, 0) is 44.1 Å². The summed E-state index contributed by atoms with van der Waals surface area (Å²) in [6, 6.07) is 4.73. The SMILES string of the molecule is Cc1cccc([N+](=O)[O-])c1C(=O)N[C@@H]1CCO[C@@H](C2CC2)C1. The summed E-state index contributed by atoms with van der Waals surface area (Å²) in [5, 5.41) is 14.1. The van der Waals surface area contributed by atoms with Crippen LogP contribution in [0.2, 0.25) is 0 Å². The number of rotatable bonds is 4. The summed E-state index contributed by atoms with van der Waals surface area (Å²) in [4.78, 5) is 23.1. The van der Waals surface area contributed by atoms with E-state index in [1.165, 1.54) is 18.9 Å². The number of ether oxygens (including phenoxy) is 1. The van der Waals surface area contributed by atoms with Gasteiger partial charge in [-0.15, -0.1) is 0 Å². The number of hydrogen-bond donors (Lipinski definition) is 1. The summed E-state index contributed by atoms with van der Waals surface area (Å²) in [6.07, 6.45) is 4.19. The van der Waals surface area contributed by atoms with Crippen molar-refractivity contribution in [3.63, 3.8) is 0 Å². The molecule has 3 rings (SSSR count). The van der Waals surface area contributed by atoms with Crippen molar-refractivity contribution in [1.29, 1.82) is 0 Å². The van der Waals surface area contributed by atoms with E-state index >= 15 is 0 Å². The topological polar surface area (TPSA) is 81.5 Å². The molecule has 22 heavy (non-hydrogen) atoms. The first-order chi connectivity index (χ1) is 10.6. The van der Waals surface area contributed by atoms with Crippen LogP contribution in [0.15, 0.2) is 18.2 Å². The van der Waals surface area contributed by atoms with Crippen LogP contribution in [0.25, 0.3) is 0 Å². The molecule has 118 valence electrons. The molecular weight excluding hydrogens is 284 g/mol. The highest BCUT2D eigenvalue weighted by Gasteiger charge is 2.36. The highest BCUT2D eigenvalue weighted by molar-refractivity contribution is 5.99. The van der Waals surface area contributed by atoms with E-state index in [2.05, 4.69) is 5.32 Å². The number of aryl methyl sites for hydroxylation is 1. The number of nitro groups is 1. The minimum Gasteiger partial charge on any atom is -0.378 e. The normalized spacial score (nSPS) is 24.8. The molecule has 1 saturated heterocycles. The van der Waals surface area contributed by atoms with E-state index in [1.54, 1.807) is 19.1 Å². The van der Waals surface area contributed by atoms with E-state index in [4.69, 9.17) is 4.74 Å². The molecule has 6 heteroatoms. The van der Waals surface area contributed by atoms with Crippen LogP contribution >= 0.6 is 0 Å². The van der Waals surface area contributed by atoms with Gasteiger partial charge in [-0.25, -0.2) is 0 Å². The van der Waals surface area contributed by atoms with Crippen molar-refractivity contribution in [2.45, 2.75) is 44.8 Å².